The first-order valence-electron chi connectivity index (χ1n) is 11.9. The maximum atomic E-state index is 13.7. The van der Waals surface area contributed by atoms with Crippen LogP contribution in [0.15, 0.2) is 80.5 Å². The number of ether oxygens (including phenoxy) is 2. The number of aryl methyl sites for hydroxylation is 1. The number of nitrogens with one attached hydrogen (secondary N) is 1. The van der Waals surface area contributed by atoms with Crippen molar-refractivity contribution < 1.29 is 23.5 Å². The minimum absolute atomic E-state index is 0.0394. The van der Waals surface area contributed by atoms with E-state index >= 15 is 0 Å². The molecule has 7 heteroatoms. The van der Waals surface area contributed by atoms with Crippen molar-refractivity contribution in [2.45, 2.75) is 45.6 Å². The number of dihydropyridines is 1. The fraction of sp³-hybridized carbons (Fsp3) is 0.276. The van der Waals surface area contributed by atoms with Crippen molar-refractivity contribution in [1.29, 1.82) is 0 Å². The third-order valence-corrected chi connectivity index (χ3v) is 6.79. The highest BCUT2D eigenvalue weighted by Gasteiger charge is 2.40. The number of fused-ring (bicyclic) bond motifs is 1. The van der Waals surface area contributed by atoms with Gasteiger partial charge in [-0.3, -0.25) is 9.59 Å². The van der Waals surface area contributed by atoms with Crippen LogP contribution in [0.25, 0.3) is 11.0 Å². The van der Waals surface area contributed by atoms with E-state index in [2.05, 4.69) is 5.32 Å². The van der Waals surface area contributed by atoms with Crippen LogP contribution in [0.4, 0.5) is 0 Å². The highest BCUT2D eigenvalue weighted by atomic mass is 16.5. The van der Waals surface area contributed by atoms with Crippen LogP contribution in [0.5, 0.6) is 5.75 Å². The quantitative estimate of drug-likeness (QED) is 0.518. The molecule has 2 aromatic carbocycles. The highest BCUT2D eigenvalue weighted by molar-refractivity contribution is 6.04. The smallest absolute Gasteiger partial charge is 0.337 e. The normalized spacial score (nSPS) is 17.6. The molecule has 0 radical (unpaired) electrons. The molecule has 2 aliphatic rings. The molecule has 5 rings (SSSR count). The average molecular weight is 486 g/mol. The molecule has 0 fully saturated rings. The van der Waals surface area contributed by atoms with Gasteiger partial charge < -0.3 is 19.2 Å². The fourth-order valence-electron chi connectivity index (χ4n) is 4.97. The Morgan fingerprint density at radius 2 is 1.86 bits per heavy atom. The zero-order chi connectivity index (χ0) is 25.4. The van der Waals surface area contributed by atoms with Gasteiger partial charge in [0, 0.05) is 29.0 Å². The average Bonchev–Trinajstić information content (AvgIpc) is 2.87. The Morgan fingerprint density at radius 3 is 2.61 bits per heavy atom. The van der Waals surface area contributed by atoms with Crippen LogP contribution in [0.3, 0.4) is 0 Å². The van der Waals surface area contributed by atoms with Crippen molar-refractivity contribution in [3.8, 4) is 5.75 Å². The van der Waals surface area contributed by atoms with Crippen molar-refractivity contribution in [2.24, 2.45) is 0 Å². The number of carbonyl (C=O) groups is 2. The molecule has 1 aliphatic heterocycles. The van der Waals surface area contributed by atoms with Gasteiger partial charge in [-0.1, -0.05) is 23.8 Å². The number of hydrogen-bond donors (Lipinski definition) is 1. The molecule has 36 heavy (non-hydrogen) atoms. The second-order valence-corrected chi connectivity index (χ2v) is 9.21. The van der Waals surface area contributed by atoms with Gasteiger partial charge in [0.25, 0.3) is 0 Å². The number of Topliss-reactive ketones (excluding diaryl/α,β-unsaturated/α-hetero) is 1. The van der Waals surface area contributed by atoms with Crippen LogP contribution in [0, 0.1) is 6.92 Å². The molecule has 0 amide bonds. The molecular weight excluding hydrogens is 458 g/mol. The summed E-state index contributed by atoms with van der Waals surface area (Å²) in [5.41, 5.74) is 4.17. The molecule has 1 atom stereocenters. The Morgan fingerprint density at radius 1 is 1.08 bits per heavy atom. The molecule has 0 spiro atoms. The third-order valence-electron chi connectivity index (χ3n) is 6.79. The summed E-state index contributed by atoms with van der Waals surface area (Å²) in [5.74, 6) is -0.827. The SMILES string of the molecule is COc1ccc(COC(=O)C2=C(C)NC3=C(C(=O)CCC3)[C@H]2c2coc3ccc(C)cc3c2=O)cc1. The lowest BCUT2D eigenvalue weighted by atomic mass is 9.75. The number of rotatable bonds is 5. The van der Waals surface area contributed by atoms with E-state index in [4.69, 9.17) is 13.9 Å². The number of benzene rings is 2. The molecule has 0 saturated carbocycles. The first-order valence-corrected chi connectivity index (χ1v) is 11.9. The van der Waals surface area contributed by atoms with Crippen molar-refractivity contribution in [2.75, 3.05) is 7.11 Å². The topological polar surface area (TPSA) is 94.8 Å². The maximum absolute atomic E-state index is 13.7. The molecule has 1 N–H and O–H groups in total. The Kier molecular flexibility index (Phi) is 6.22. The van der Waals surface area contributed by atoms with Crippen LogP contribution in [0.2, 0.25) is 0 Å². The summed E-state index contributed by atoms with van der Waals surface area (Å²) >= 11 is 0. The molecule has 3 aromatic rings. The lowest BCUT2D eigenvalue weighted by Crippen LogP contribution is -2.36. The van der Waals surface area contributed by atoms with Gasteiger partial charge in [0.15, 0.2) is 11.2 Å². The Bertz CT molecular complexity index is 1490. The summed E-state index contributed by atoms with van der Waals surface area (Å²) in [5, 5.41) is 3.66. The summed E-state index contributed by atoms with van der Waals surface area (Å²) in [4.78, 5) is 40.3. The monoisotopic (exact) mass is 485 g/mol. The number of hydrogen-bond acceptors (Lipinski definition) is 7. The second kappa shape index (κ2) is 9.49. The predicted molar refractivity (Wildman–Crippen MR) is 134 cm³/mol. The van der Waals surface area contributed by atoms with Gasteiger partial charge in [-0.15, -0.1) is 0 Å². The van der Waals surface area contributed by atoms with E-state index in [1.165, 1.54) is 6.26 Å². The molecule has 0 saturated heterocycles. The Balaban J connectivity index is 1.57. The first-order chi connectivity index (χ1) is 17.4. The number of esters is 1. The van der Waals surface area contributed by atoms with Gasteiger partial charge in [-0.25, -0.2) is 4.79 Å². The van der Waals surface area contributed by atoms with Gasteiger partial charge in [0.2, 0.25) is 0 Å². The summed E-state index contributed by atoms with van der Waals surface area (Å²) in [7, 11) is 1.58. The largest absolute Gasteiger partial charge is 0.497 e. The molecule has 0 bridgehead atoms. The molecule has 1 aromatic heterocycles. The number of carbonyl (C=O) groups excluding carboxylic acids is 2. The minimum Gasteiger partial charge on any atom is -0.497 e. The van der Waals surface area contributed by atoms with E-state index in [-0.39, 0.29) is 29.0 Å². The Hall–Kier alpha value is -4.13. The zero-order valence-electron chi connectivity index (χ0n) is 20.5. The van der Waals surface area contributed by atoms with Crippen LogP contribution in [-0.4, -0.2) is 18.9 Å². The van der Waals surface area contributed by atoms with Crippen LogP contribution in [-0.2, 0) is 20.9 Å². The maximum Gasteiger partial charge on any atom is 0.337 e. The van der Waals surface area contributed by atoms with Crippen molar-refractivity contribution in [1.82, 2.24) is 5.32 Å². The molecular formula is C29H27NO6. The summed E-state index contributed by atoms with van der Waals surface area (Å²) in [6.07, 6.45) is 3.13. The molecule has 1 aliphatic carbocycles. The van der Waals surface area contributed by atoms with Gasteiger partial charge in [0.1, 0.15) is 17.9 Å². The predicted octanol–water partition coefficient (Wildman–Crippen LogP) is 4.82. The number of ketones is 1. The molecule has 2 heterocycles. The van der Waals surface area contributed by atoms with Crippen molar-refractivity contribution in [3.63, 3.8) is 0 Å². The standard InChI is InChI=1S/C29H27NO6/c1-16-7-12-24-20(13-16)28(32)21(15-35-24)26-25(17(2)30-22-5-4-6-23(31)27(22)26)29(33)36-14-18-8-10-19(34-3)11-9-18/h7-13,15,26,30H,4-6,14H2,1-3H3/t26-/m0/s1. The highest BCUT2D eigenvalue weighted by Crippen LogP contribution is 2.42. The van der Waals surface area contributed by atoms with Gasteiger partial charge >= 0.3 is 5.97 Å². The minimum atomic E-state index is -0.862. The van der Waals surface area contributed by atoms with E-state index < -0.39 is 11.9 Å². The fourth-order valence-corrected chi connectivity index (χ4v) is 4.97. The zero-order valence-corrected chi connectivity index (χ0v) is 20.5. The van der Waals surface area contributed by atoms with E-state index in [0.29, 0.717) is 47.3 Å². The van der Waals surface area contributed by atoms with E-state index in [9.17, 15) is 14.4 Å². The van der Waals surface area contributed by atoms with E-state index in [0.717, 1.165) is 16.8 Å². The van der Waals surface area contributed by atoms with Crippen LogP contribution < -0.4 is 15.5 Å². The first kappa shape index (κ1) is 23.6. The number of allylic oxidation sites excluding steroid dienone is 3. The van der Waals surface area contributed by atoms with Crippen molar-refractivity contribution >= 4 is 22.7 Å². The second-order valence-electron chi connectivity index (χ2n) is 9.21. The number of methoxy groups -OCH3 is 1. The van der Waals surface area contributed by atoms with Crippen LogP contribution >= 0.6 is 0 Å². The van der Waals surface area contributed by atoms with Gasteiger partial charge in [0.05, 0.1) is 30.3 Å². The van der Waals surface area contributed by atoms with E-state index in [1.54, 1.807) is 38.3 Å². The van der Waals surface area contributed by atoms with Crippen LogP contribution in [0.1, 0.15) is 48.8 Å². The lowest BCUT2D eigenvalue weighted by Gasteiger charge is -2.33. The Labute approximate surface area is 208 Å². The molecule has 7 nitrogen and oxygen atoms in total. The summed E-state index contributed by atoms with van der Waals surface area (Å²) in [6, 6.07) is 12.6. The van der Waals surface area contributed by atoms with Gasteiger partial charge in [-0.05, 0) is 56.5 Å². The van der Waals surface area contributed by atoms with E-state index in [1.807, 2.05) is 25.1 Å². The third kappa shape index (κ3) is 4.21. The molecule has 0 unspecified atom stereocenters. The summed E-state index contributed by atoms with van der Waals surface area (Å²) < 4.78 is 16.7. The molecule has 184 valence electrons. The van der Waals surface area contributed by atoms with Gasteiger partial charge in [-0.2, -0.15) is 0 Å². The lowest BCUT2D eigenvalue weighted by molar-refractivity contribution is -0.140. The van der Waals surface area contributed by atoms with Crippen molar-refractivity contribution in [3.05, 3.63) is 98.2 Å². The summed E-state index contributed by atoms with van der Waals surface area (Å²) in [6.45, 7) is 3.71.